The Morgan fingerprint density at radius 2 is 1.96 bits per heavy atom. The van der Waals surface area contributed by atoms with Gasteiger partial charge in [0.2, 0.25) is 5.91 Å². The summed E-state index contributed by atoms with van der Waals surface area (Å²) in [5, 5.41) is 6.09. The van der Waals surface area contributed by atoms with Gasteiger partial charge in [-0.3, -0.25) is 4.79 Å². The third-order valence-electron chi connectivity index (χ3n) is 3.84. The topological polar surface area (TPSA) is 41.1 Å². The van der Waals surface area contributed by atoms with Crippen molar-refractivity contribution < 1.29 is 18.0 Å². The Kier molecular flexibility index (Phi) is 7.35. The average molecular weight is 351 g/mol. The molecule has 1 saturated heterocycles. The third-order valence-corrected chi connectivity index (χ3v) is 3.84. The number of alkyl halides is 3. The fourth-order valence-corrected chi connectivity index (χ4v) is 2.65. The van der Waals surface area contributed by atoms with Crippen LogP contribution < -0.4 is 10.6 Å². The Hall–Kier alpha value is -1.27. The van der Waals surface area contributed by atoms with E-state index in [9.17, 15) is 18.0 Å². The number of nitrogens with one attached hydrogen (secondary N) is 2. The van der Waals surface area contributed by atoms with Crippen LogP contribution in [0.15, 0.2) is 24.3 Å². The van der Waals surface area contributed by atoms with Gasteiger partial charge in [-0.2, -0.15) is 13.2 Å². The quantitative estimate of drug-likeness (QED) is 0.874. The van der Waals surface area contributed by atoms with Gasteiger partial charge < -0.3 is 10.6 Å². The molecule has 1 heterocycles. The molecule has 0 saturated carbocycles. The Bertz CT molecular complexity index is 499. The lowest BCUT2D eigenvalue weighted by Crippen LogP contribution is -2.49. The first-order chi connectivity index (χ1) is 10.4. The van der Waals surface area contributed by atoms with Crippen LogP contribution in [-0.2, 0) is 17.4 Å². The number of carbonyl (C=O) groups excluding carboxylic acids is 1. The van der Waals surface area contributed by atoms with Crippen molar-refractivity contribution in [2.45, 2.75) is 50.9 Å². The molecule has 0 aromatic heterocycles. The van der Waals surface area contributed by atoms with Gasteiger partial charge in [-0.1, -0.05) is 18.6 Å². The summed E-state index contributed by atoms with van der Waals surface area (Å²) in [6, 6.07) is 4.81. The Balaban J connectivity index is 0.00000264. The monoisotopic (exact) mass is 350 g/mol. The van der Waals surface area contributed by atoms with Crippen LogP contribution in [0.3, 0.4) is 0 Å². The Labute approximate surface area is 140 Å². The third kappa shape index (κ3) is 6.03. The summed E-state index contributed by atoms with van der Waals surface area (Å²) in [6.45, 7) is 2.71. The molecule has 1 aliphatic heterocycles. The molecule has 1 amide bonds. The maximum atomic E-state index is 12.5. The molecule has 2 rings (SSSR count). The van der Waals surface area contributed by atoms with E-state index in [1.807, 2.05) is 6.92 Å². The molecule has 2 atom stereocenters. The zero-order valence-electron chi connectivity index (χ0n) is 13.0. The standard InChI is InChI=1S/C16H21F3N2O.ClH/c1-11(21-15(22)14-4-2-3-9-20-14)10-12-5-7-13(8-6-12)16(17,18)19;/h5-8,11,14,20H,2-4,9-10H2,1H3,(H,21,22);1H. The number of halogens is 4. The van der Waals surface area contributed by atoms with Crippen molar-refractivity contribution in [3.63, 3.8) is 0 Å². The molecule has 3 nitrogen and oxygen atoms in total. The lowest BCUT2D eigenvalue weighted by atomic mass is 10.0. The van der Waals surface area contributed by atoms with Gasteiger partial charge in [0, 0.05) is 6.04 Å². The predicted molar refractivity (Wildman–Crippen MR) is 85.6 cm³/mol. The molecule has 1 aromatic carbocycles. The first kappa shape index (κ1) is 19.8. The van der Waals surface area contributed by atoms with E-state index in [4.69, 9.17) is 0 Å². The van der Waals surface area contributed by atoms with Crippen molar-refractivity contribution in [2.75, 3.05) is 6.54 Å². The molecular formula is C16H22ClF3N2O. The molecule has 2 N–H and O–H groups in total. The highest BCUT2D eigenvalue weighted by Gasteiger charge is 2.30. The second-order valence-corrected chi connectivity index (χ2v) is 5.81. The van der Waals surface area contributed by atoms with Crippen LogP contribution in [0.2, 0.25) is 0 Å². The number of amides is 1. The van der Waals surface area contributed by atoms with Crippen molar-refractivity contribution in [1.82, 2.24) is 10.6 Å². The van der Waals surface area contributed by atoms with Gasteiger partial charge in [0.15, 0.2) is 0 Å². The molecule has 0 aliphatic carbocycles. The van der Waals surface area contributed by atoms with Gasteiger partial charge in [-0.05, 0) is 50.4 Å². The Morgan fingerprint density at radius 3 is 2.48 bits per heavy atom. The van der Waals surface area contributed by atoms with E-state index in [1.165, 1.54) is 12.1 Å². The first-order valence-electron chi connectivity index (χ1n) is 7.56. The van der Waals surface area contributed by atoms with Crippen LogP contribution in [-0.4, -0.2) is 24.5 Å². The van der Waals surface area contributed by atoms with Crippen molar-refractivity contribution in [2.24, 2.45) is 0 Å². The largest absolute Gasteiger partial charge is 0.416 e. The first-order valence-corrected chi connectivity index (χ1v) is 7.56. The van der Waals surface area contributed by atoms with E-state index in [1.54, 1.807) is 0 Å². The number of carbonyl (C=O) groups is 1. The number of hydrogen-bond acceptors (Lipinski definition) is 2. The smallest absolute Gasteiger partial charge is 0.352 e. The van der Waals surface area contributed by atoms with Gasteiger partial charge in [0.1, 0.15) is 0 Å². The summed E-state index contributed by atoms with van der Waals surface area (Å²) in [7, 11) is 0. The van der Waals surface area contributed by atoms with Crippen molar-refractivity contribution >= 4 is 18.3 Å². The second-order valence-electron chi connectivity index (χ2n) is 5.81. The van der Waals surface area contributed by atoms with E-state index in [2.05, 4.69) is 10.6 Å². The Morgan fingerprint density at radius 1 is 1.30 bits per heavy atom. The van der Waals surface area contributed by atoms with E-state index >= 15 is 0 Å². The van der Waals surface area contributed by atoms with Gasteiger partial charge in [0.25, 0.3) is 0 Å². The highest BCUT2D eigenvalue weighted by atomic mass is 35.5. The fourth-order valence-electron chi connectivity index (χ4n) is 2.65. The highest BCUT2D eigenvalue weighted by molar-refractivity contribution is 5.85. The minimum Gasteiger partial charge on any atom is -0.352 e. The lowest BCUT2D eigenvalue weighted by Gasteiger charge is -2.24. The van der Waals surface area contributed by atoms with Gasteiger partial charge in [0.05, 0.1) is 11.6 Å². The predicted octanol–water partition coefficient (Wildman–Crippen LogP) is 3.32. The summed E-state index contributed by atoms with van der Waals surface area (Å²) in [5.74, 6) is -0.0286. The zero-order valence-corrected chi connectivity index (χ0v) is 13.8. The summed E-state index contributed by atoms with van der Waals surface area (Å²) >= 11 is 0. The molecule has 0 radical (unpaired) electrons. The van der Waals surface area contributed by atoms with Crippen LogP contribution in [0.25, 0.3) is 0 Å². The highest BCUT2D eigenvalue weighted by Crippen LogP contribution is 2.29. The molecule has 0 bridgehead atoms. The zero-order chi connectivity index (χ0) is 16.2. The molecular weight excluding hydrogens is 329 g/mol. The van der Waals surface area contributed by atoms with Gasteiger partial charge in [-0.15, -0.1) is 12.4 Å². The maximum absolute atomic E-state index is 12.5. The SMILES string of the molecule is CC(Cc1ccc(C(F)(F)F)cc1)NC(=O)C1CCCCN1.Cl. The summed E-state index contributed by atoms with van der Waals surface area (Å²) in [6.07, 6.45) is -0.844. The van der Waals surface area contributed by atoms with Crippen molar-refractivity contribution in [1.29, 1.82) is 0 Å². The van der Waals surface area contributed by atoms with Crippen molar-refractivity contribution in [3.05, 3.63) is 35.4 Å². The molecule has 7 heteroatoms. The van der Waals surface area contributed by atoms with Gasteiger partial charge >= 0.3 is 6.18 Å². The molecule has 0 spiro atoms. The van der Waals surface area contributed by atoms with Crippen LogP contribution >= 0.6 is 12.4 Å². The molecule has 1 aliphatic rings. The molecule has 1 fully saturated rings. The minimum absolute atomic E-state index is 0. The van der Waals surface area contributed by atoms with E-state index in [0.29, 0.717) is 6.42 Å². The van der Waals surface area contributed by atoms with Crippen LogP contribution in [0, 0.1) is 0 Å². The minimum atomic E-state index is -4.31. The lowest BCUT2D eigenvalue weighted by molar-refractivity contribution is -0.137. The van der Waals surface area contributed by atoms with Crippen LogP contribution in [0.4, 0.5) is 13.2 Å². The normalized spacial score (nSPS) is 19.6. The van der Waals surface area contributed by atoms with Crippen molar-refractivity contribution in [3.8, 4) is 0 Å². The number of rotatable bonds is 4. The summed E-state index contributed by atoms with van der Waals surface area (Å²) < 4.78 is 37.5. The average Bonchev–Trinajstić information content (AvgIpc) is 2.47. The van der Waals surface area contributed by atoms with Crippen LogP contribution in [0.1, 0.15) is 37.3 Å². The van der Waals surface area contributed by atoms with Gasteiger partial charge in [-0.25, -0.2) is 0 Å². The summed E-state index contributed by atoms with van der Waals surface area (Å²) in [5.41, 5.74) is 0.122. The fraction of sp³-hybridized carbons (Fsp3) is 0.562. The summed E-state index contributed by atoms with van der Waals surface area (Å²) in [4.78, 5) is 12.1. The molecule has 2 unspecified atom stereocenters. The van der Waals surface area contributed by atoms with E-state index < -0.39 is 11.7 Å². The molecule has 130 valence electrons. The number of benzene rings is 1. The second kappa shape index (κ2) is 8.55. The van der Waals surface area contributed by atoms with Crippen LogP contribution in [0.5, 0.6) is 0 Å². The number of hydrogen-bond donors (Lipinski definition) is 2. The maximum Gasteiger partial charge on any atom is 0.416 e. The molecule has 1 aromatic rings. The van der Waals surface area contributed by atoms with E-state index in [-0.39, 0.29) is 30.4 Å². The number of piperidine rings is 1. The van der Waals surface area contributed by atoms with E-state index in [0.717, 1.165) is 43.5 Å². The molecule has 23 heavy (non-hydrogen) atoms.